The Labute approximate surface area is 195 Å². The molecule has 0 saturated carbocycles. The third-order valence-corrected chi connectivity index (χ3v) is 5.06. The van der Waals surface area contributed by atoms with Crippen molar-refractivity contribution in [2.24, 2.45) is 0 Å². The van der Waals surface area contributed by atoms with Crippen LogP contribution in [0.25, 0.3) is 5.57 Å². The highest BCUT2D eigenvalue weighted by Gasteiger charge is 2.30. The van der Waals surface area contributed by atoms with Gasteiger partial charge < -0.3 is 15.3 Å². The molecule has 3 aromatic rings. The van der Waals surface area contributed by atoms with E-state index in [1.807, 2.05) is 43.3 Å². The number of carbonyl (C=O) groups excluding carboxylic acids is 1. The predicted molar refractivity (Wildman–Crippen MR) is 127 cm³/mol. The van der Waals surface area contributed by atoms with Crippen molar-refractivity contribution < 1.29 is 23.1 Å². The van der Waals surface area contributed by atoms with Crippen LogP contribution in [0.2, 0.25) is 0 Å². The first-order valence-corrected chi connectivity index (χ1v) is 10.4. The Hall–Kier alpha value is -3.91. The molecule has 0 aliphatic rings. The molecule has 5 nitrogen and oxygen atoms in total. The fraction of sp³-hybridized carbons (Fsp3) is 0.154. The highest BCUT2D eigenvalue weighted by molar-refractivity contribution is 6.00. The molecule has 34 heavy (non-hydrogen) atoms. The molecule has 0 radical (unpaired) electrons. The molecule has 0 aliphatic carbocycles. The van der Waals surface area contributed by atoms with Crippen LogP contribution in [0.3, 0.4) is 0 Å². The average Bonchev–Trinajstić information content (AvgIpc) is 2.82. The van der Waals surface area contributed by atoms with E-state index >= 15 is 0 Å². The van der Waals surface area contributed by atoms with Crippen LogP contribution in [-0.4, -0.2) is 30.1 Å². The Morgan fingerprint density at radius 1 is 1.03 bits per heavy atom. The number of rotatable bonds is 7. The maximum Gasteiger partial charge on any atom is 0.416 e. The minimum absolute atomic E-state index is 0.270. The Bertz CT molecular complexity index is 1180. The van der Waals surface area contributed by atoms with Crippen LogP contribution in [-0.2, 0) is 17.6 Å². The number of amides is 1. The molecule has 0 atom stereocenters. The number of nitrogens with one attached hydrogen (secondary N) is 1. The smallest absolute Gasteiger partial charge is 0.392 e. The Morgan fingerprint density at radius 3 is 2.21 bits per heavy atom. The van der Waals surface area contributed by atoms with E-state index in [1.165, 1.54) is 36.7 Å². The van der Waals surface area contributed by atoms with E-state index in [1.54, 1.807) is 12.1 Å². The van der Waals surface area contributed by atoms with Gasteiger partial charge in [0.05, 0.1) is 12.2 Å². The number of anilines is 2. The molecule has 1 heterocycles. The van der Waals surface area contributed by atoms with Gasteiger partial charge in [-0.1, -0.05) is 36.4 Å². The van der Waals surface area contributed by atoms with Crippen LogP contribution in [0.5, 0.6) is 0 Å². The first kappa shape index (κ1) is 24.7. The molecule has 0 aliphatic heterocycles. The molecular weight excluding hydrogens is 443 g/mol. The Balaban J connectivity index is 1.90. The number of alkyl halides is 3. The molecule has 2 aromatic carbocycles. The van der Waals surface area contributed by atoms with Crippen LogP contribution in [0.15, 0.2) is 85.2 Å². The summed E-state index contributed by atoms with van der Waals surface area (Å²) < 4.78 is 39.0. The van der Waals surface area contributed by atoms with E-state index in [0.29, 0.717) is 22.4 Å². The molecule has 8 heteroatoms. The van der Waals surface area contributed by atoms with E-state index in [9.17, 15) is 23.1 Å². The van der Waals surface area contributed by atoms with Crippen molar-refractivity contribution in [3.63, 3.8) is 0 Å². The molecule has 2 N–H and O–H groups in total. The molecule has 1 aromatic heterocycles. The van der Waals surface area contributed by atoms with Gasteiger partial charge in [-0.25, -0.2) is 0 Å². The number of carbonyl (C=O) groups is 1. The minimum atomic E-state index is -4.42. The summed E-state index contributed by atoms with van der Waals surface area (Å²) in [7, 11) is 3.82. The number of hydrogen-bond acceptors (Lipinski definition) is 4. The average molecular weight is 467 g/mol. The number of halogens is 3. The van der Waals surface area contributed by atoms with Gasteiger partial charge in [0.2, 0.25) is 5.91 Å². The lowest BCUT2D eigenvalue weighted by Gasteiger charge is -2.14. The van der Waals surface area contributed by atoms with Gasteiger partial charge in [0.15, 0.2) is 0 Å². The molecule has 0 bridgehead atoms. The summed E-state index contributed by atoms with van der Waals surface area (Å²) in [5.41, 5.74) is 3.18. The minimum Gasteiger partial charge on any atom is -0.392 e. The normalized spacial score (nSPS) is 12.1. The molecular formula is C26H24F3N3O2. The lowest BCUT2D eigenvalue weighted by Crippen LogP contribution is -2.10. The highest BCUT2D eigenvalue weighted by Crippen LogP contribution is 2.32. The molecule has 0 fully saturated rings. The first-order valence-electron chi connectivity index (χ1n) is 10.4. The SMILES string of the molecule is CN(C)c1ccc(/C(=C\C=C\C(=O)Nc2ccncc2CO)c2ccc(C(F)(F)F)cc2)cc1. The second-order valence-electron chi connectivity index (χ2n) is 7.64. The monoisotopic (exact) mass is 467 g/mol. The Morgan fingerprint density at radius 2 is 1.65 bits per heavy atom. The maximum absolute atomic E-state index is 13.0. The largest absolute Gasteiger partial charge is 0.416 e. The third kappa shape index (κ3) is 6.32. The summed E-state index contributed by atoms with van der Waals surface area (Å²) in [5.74, 6) is -0.424. The molecule has 0 spiro atoms. The Kier molecular flexibility index (Phi) is 7.86. The van der Waals surface area contributed by atoms with Crippen LogP contribution >= 0.6 is 0 Å². The van der Waals surface area contributed by atoms with Crippen molar-refractivity contribution >= 4 is 22.9 Å². The summed E-state index contributed by atoms with van der Waals surface area (Å²) >= 11 is 0. The number of aromatic nitrogens is 1. The van der Waals surface area contributed by atoms with Crippen molar-refractivity contribution in [2.45, 2.75) is 12.8 Å². The van der Waals surface area contributed by atoms with Crippen LogP contribution < -0.4 is 10.2 Å². The van der Waals surface area contributed by atoms with Gasteiger partial charge in [0.25, 0.3) is 0 Å². The number of nitrogens with zero attached hydrogens (tertiary/aromatic N) is 2. The topological polar surface area (TPSA) is 65.5 Å². The summed E-state index contributed by atoms with van der Waals surface area (Å²) in [4.78, 5) is 18.2. The molecule has 0 saturated heterocycles. The van der Waals surface area contributed by atoms with Crippen molar-refractivity contribution in [1.82, 2.24) is 4.98 Å². The van der Waals surface area contributed by atoms with Crippen molar-refractivity contribution in [3.05, 3.63) is 107 Å². The van der Waals surface area contributed by atoms with Gasteiger partial charge in [-0.15, -0.1) is 0 Å². The summed E-state index contributed by atoms with van der Waals surface area (Å²) in [6.07, 6.45) is 3.04. The maximum atomic E-state index is 13.0. The molecule has 3 rings (SSSR count). The molecule has 1 amide bonds. The van der Waals surface area contributed by atoms with Gasteiger partial charge in [-0.2, -0.15) is 13.2 Å². The molecule has 176 valence electrons. The number of pyridine rings is 1. The van der Waals surface area contributed by atoms with Gasteiger partial charge in [-0.05, 0) is 47.0 Å². The zero-order valence-electron chi connectivity index (χ0n) is 18.7. The van der Waals surface area contributed by atoms with Crippen LogP contribution in [0, 0.1) is 0 Å². The predicted octanol–water partition coefficient (Wildman–Crippen LogP) is 5.29. The van der Waals surface area contributed by atoms with Gasteiger partial charge in [0.1, 0.15) is 0 Å². The van der Waals surface area contributed by atoms with E-state index < -0.39 is 17.6 Å². The van der Waals surface area contributed by atoms with E-state index in [0.717, 1.165) is 23.4 Å². The molecule has 0 unspecified atom stereocenters. The van der Waals surface area contributed by atoms with E-state index in [4.69, 9.17) is 0 Å². The number of aliphatic hydroxyl groups excluding tert-OH is 1. The standard InChI is InChI=1S/C26H24F3N3O2/c1-32(2)22-12-8-19(9-13-22)23(18-6-10-21(11-7-18)26(27,28)29)4-3-5-25(34)31-24-14-15-30-16-20(24)17-33/h3-16,33H,17H2,1-2H3,(H,30,31,34)/b5-3+,23-4-. The zero-order valence-corrected chi connectivity index (χ0v) is 18.7. The second-order valence-corrected chi connectivity index (χ2v) is 7.64. The quantitative estimate of drug-likeness (QED) is 0.366. The number of benzene rings is 2. The van der Waals surface area contributed by atoms with Crippen molar-refractivity contribution in [2.75, 3.05) is 24.3 Å². The fourth-order valence-electron chi connectivity index (χ4n) is 3.22. The van der Waals surface area contributed by atoms with Gasteiger partial charge >= 0.3 is 6.18 Å². The summed E-state index contributed by atoms with van der Waals surface area (Å²) in [5, 5.41) is 12.0. The van der Waals surface area contributed by atoms with E-state index in [2.05, 4.69) is 10.3 Å². The number of allylic oxidation sites excluding steroid dienone is 2. The van der Waals surface area contributed by atoms with Crippen molar-refractivity contribution in [3.8, 4) is 0 Å². The number of aliphatic hydroxyl groups is 1. The summed E-state index contributed by atoms with van der Waals surface area (Å²) in [6, 6.07) is 14.0. The third-order valence-electron chi connectivity index (χ3n) is 5.06. The van der Waals surface area contributed by atoms with Crippen LogP contribution in [0.4, 0.5) is 24.5 Å². The highest BCUT2D eigenvalue weighted by atomic mass is 19.4. The number of hydrogen-bond donors (Lipinski definition) is 2. The fourth-order valence-corrected chi connectivity index (χ4v) is 3.22. The van der Waals surface area contributed by atoms with E-state index in [-0.39, 0.29) is 6.61 Å². The summed E-state index contributed by atoms with van der Waals surface area (Å²) in [6.45, 7) is -0.270. The lowest BCUT2D eigenvalue weighted by molar-refractivity contribution is -0.137. The lowest BCUT2D eigenvalue weighted by atomic mass is 9.96. The second kappa shape index (κ2) is 10.8. The van der Waals surface area contributed by atoms with Gasteiger partial charge in [-0.3, -0.25) is 9.78 Å². The zero-order chi connectivity index (χ0) is 24.7. The first-order chi connectivity index (χ1) is 16.2. The van der Waals surface area contributed by atoms with Gasteiger partial charge in [0, 0.05) is 49.5 Å². The van der Waals surface area contributed by atoms with Crippen molar-refractivity contribution in [1.29, 1.82) is 0 Å². The van der Waals surface area contributed by atoms with Crippen LogP contribution in [0.1, 0.15) is 22.3 Å².